The van der Waals surface area contributed by atoms with Gasteiger partial charge in [0.25, 0.3) is 0 Å². The van der Waals surface area contributed by atoms with Crippen LogP contribution in [0.1, 0.15) is 59.8 Å². The van der Waals surface area contributed by atoms with Crippen LogP contribution in [0.25, 0.3) is 0 Å². The van der Waals surface area contributed by atoms with E-state index in [2.05, 4.69) is 27.7 Å². The molecule has 0 aromatic carbocycles. The van der Waals surface area contributed by atoms with Gasteiger partial charge in [0, 0.05) is 5.41 Å². The molecule has 0 radical (unpaired) electrons. The molecule has 1 nitrogen and oxygen atoms in total. The molecule has 3 rings (SSSR count). The fraction of sp³-hybridized carbons (Fsp3) is 1.00. The van der Waals surface area contributed by atoms with E-state index in [1.165, 1.54) is 32.1 Å². The third kappa shape index (κ3) is 1.02. The fourth-order valence-electron chi connectivity index (χ4n) is 5.91. The second-order valence-electron chi connectivity index (χ2n) is 7.72. The molecule has 16 heavy (non-hydrogen) atoms. The molecule has 0 amide bonds. The quantitative estimate of drug-likeness (QED) is 0.664. The van der Waals surface area contributed by atoms with Crippen molar-refractivity contribution in [2.24, 2.45) is 28.6 Å². The van der Waals surface area contributed by atoms with Crippen LogP contribution in [0.5, 0.6) is 0 Å². The van der Waals surface area contributed by atoms with Crippen molar-refractivity contribution in [3.8, 4) is 0 Å². The average Bonchev–Trinajstić information content (AvgIpc) is 2.46. The fourth-order valence-corrected chi connectivity index (χ4v) is 5.91. The van der Waals surface area contributed by atoms with E-state index in [-0.39, 0.29) is 11.0 Å². The molecule has 1 N–H and O–H groups in total. The summed E-state index contributed by atoms with van der Waals surface area (Å²) in [5.41, 5.74) is 0.338. The van der Waals surface area contributed by atoms with Crippen LogP contribution in [0.15, 0.2) is 0 Å². The number of rotatable bonds is 0. The standard InChI is InChI=1S/C15H26O/c1-10-9-15-7-5-6-13(2,3)12(15)8-11(10)14(15,4)16/h10-12,16H,5-9H2,1-4H3. The van der Waals surface area contributed by atoms with Gasteiger partial charge in [-0.1, -0.05) is 27.2 Å². The normalized spacial score (nSPS) is 58.7. The molecular formula is C15H26O. The summed E-state index contributed by atoms with van der Waals surface area (Å²) in [5.74, 6) is 2.07. The topological polar surface area (TPSA) is 20.2 Å². The maximum absolute atomic E-state index is 11.0. The van der Waals surface area contributed by atoms with Gasteiger partial charge in [-0.05, 0) is 55.8 Å². The molecule has 3 fully saturated rings. The Kier molecular flexibility index (Phi) is 1.98. The molecule has 0 saturated heterocycles. The molecular weight excluding hydrogens is 196 g/mol. The van der Waals surface area contributed by atoms with Crippen molar-refractivity contribution in [1.29, 1.82) is 0 Å². The summed E-state index contributed by atoms with van der Waals surface area (Å²) in [5, 5.41) is 11.0. The highest BCUT2D eigenvalue weighted by Crippen LogP contribution is 2.73. The van der Waals surface area contributed by atoms with Crippen molar-refractivity contribution < 1.29 is 5.11 Å². The van der Waals surface area contributed by atoms with Crippen molar-refractivity contribution >= 4 is 0 Å². The third-order valence-electron chi connectivity index (χ3n) is 6.65. The number of fused-ring (bicyclic) bond motifs is 1. The molecule has 3 aliphatic rings. The van der Waals surface area contributed by atoms with E-state index in [0.717, 1.165) is 11.8 Å². The van der Waals surface area contributed by atoms with Gasteiger partial charge >= 0.3 is 0 Å². The van der Waals surface area contributed by atoms with Gasteiger partial charge in [0.2, 0.25) is 0 Å². The second-order valence-corrected chi connectivity index (χ2v) is 7.72. The van der Waals surface area contributed by atoms with Crippen LogP contribution < -0.4 is 0 Å². The first kappa shape index (κ1) is 11.1. The molecule has 5 atom stereocenters. The van der Waals surface area contributed by atoms with E-state index >= 15 is 0 Å². The van der Waals surface area contributed by atoms with E-state index in [9.17, 15) is 5.11 Å². The lowest BCUT2D eigenvalue weighted by Crippen LogP contribution is -2.49. The van der Waals surface area contributed by atoms with E-state index < -0.39 is 0 Å². The molecule has 0 aromatic heterocycles. The van der Waals surface area contributed by atoms with E-state index in [1.54, 1.807) is 0 Å². The maximum Gasteiger partial charge on any atom is 0.0709 e. The van der Waals surface area contributed by atoms with Gasteiger partial charge in [-0.2, -0.15) is 0 Å². The zero-order valence-electron chi connectivity index (χ0n) is 11.2. The first-order valence-corrected chi connectivity index (χ1v) is 7.04. The van der Waals surface area contributed by atoms with Crippen LogP contribution in [-0.2, 0) is 0 Å². The summed E-state index contributed by atoms with van der Waals surface area (Å²) in [7, 11) is 0. The maximum atomic E-state index is 11.0. The van der Waals surface area contributed by atoms with E-state index in [4.69, 9.17) is 0 Å². The molecule has 1 heteroatoms. The van der Waals surface area contributed by atoms with Crippen LogP contribution in [0.2, 0.25) is 0 Å². The van der Waals surface area contributed by atoms with Crippen molar-refractivity contribution in [3.63, 3.8) is 0 Å². The molecule has 1 spiro atoms. The zero-order chi connectivity index (χ0) is 11.8. The minimum Gasteiger partial charge on any atom is -0.389 e. The lowest BCUT2D eigenvalue weighted by atomic mass is 9.53. The van der Waals surface area contributed by atoms with Crippen LogP contribution >= 0.6 is 0 Å². The van der Waals surface area contributed by atoms with Gasteiger partial charge in [0.1, 0.15) is 0 Å². The number of aliphatic hydroxyl groups is 1. The Labute approximate surface area is 99.6 Å². The first-order valence-electron chi connectivity index (χ1n) is 7.04. The summed E-state index contributed by atoms with van der Waals surface area (Å²) >= 11 is 0. The zero-order valence-corrected chi connectivity index (χ0v) is 11.2. The Morgan fingerprint density at radius 1 is 1.12 bits per heavy atom. The van der Waals surface area contributed by atoms with Crippen molar-refractivity contribution in [1.82, 2.24) is 0 Å². The monoisotopic (exact) mass is 222 g/mol. The van der Waals surface area contributed by atoms with Crippen LogP contribution in [0, 0.1) is 28.6 Å². The molecule has 0 aliphatic heterocycles. The van der Waals surface area contributed by atoms with Gasteiger partial charge in [-0.15, -0.1) is 0 Å². The summed E-state index contributed by atoms with van der Waals surface area (Å²) in [6.07, 6.45) is 6.50. The molecule has 5 unspecified atom stereocenters. The minimum atomic E-state index is -0.380. The van der Waals surface area contributed by atoms with Crippen LogP contribution in [0.3, 0.4) is 0 Å². The Hall–Kier alpha value is -0.0400. The lowest BCUT2D eigenvalue weighted by Gasteiger charge is -2.52. The van der Waals surface area contributed by atoms with Gasteiger partial charge < -0.3 is 5.11 Å². The minimum absolute atomic E-state index is 0.263. The highest BCUT2D eigenvalue weighted by Gasteiger charge is 2.70. The largest absolute Gasteiger partial charge is 0.389 e. The van der Waals surface area contributed by atoms with E-state index in [1.807, 2.05) is 0 Å². The smallest absolute Gasteiger partial charge is 0.0709 e. The van der Waals surface area contributed by atoms with Gasteiger partial charge in [0.05, 0.1) is 5.60 Å². The van der Waals surface area contributed by atoms with Crippen molar-refractivity contribution in [2.45, 2.75) is 65.4 Å². The molecule has 0 aromatic rings. The van der Waals surface area contributed by atoms with Crippen LogP contribution in [-0.4, -0.2) is 10.7 Å². The van der Waals surface area contributed by atoms with Gasteiger partial charge in [0.15, 0.2) is 0 Å². The Bertz CT molecular complexity index is 317. The second kappa shape index (κ2) is 2.85. The number of hydrogen-bond acceptors (Lipinski definition) is 1. The highest BCUT2D eigenvalue weighted by molar-refractivity contribution is 5.20. The summed E-state index contributed by atoms with van der Waals surface area (Å²) in [6, 6.07) is 0. The third-order valence-corrected chi connectivity index (χ3v) is 6.65. The lowest BCUT2D eigenvalue weighted by molar-refractivity contribution is -0.103. The van der Waals surface area contributed by atoms with Crippen molar-refractivity contribution in [2.75, 3.05) is 0 Å². The van der Waals surface area contributed by atoms with Gasteiger partial charge in [-0.3, -0.25) is 0 Å². The predicted molar refractivity (Wildman–Crippen MR) is 66.1 cm³/mol. The molecule has 3 saturated carbocycles. The van der Waals surface area contributed by atoms with E-state index in [0.29, 0.717) is 11.3 Å². The highest BCUT2D eigenvalue weighted by atomic mass is 16.3. The SMILES string of the molecule is CC1CC23CCCC(C)(C)C2CC1C3(C)O. The molecule has 92 valence electrons. The Morgan fingerprint density at radius 3 is 2.44 bits per heavy atom. The predicted octanol–water partition coefficient (Wildman–Crippen LogP) is 3.61. The van der Waals surface area contributed by atoms with Crippen LogP contribution in [0.4, 0.5) is 0 Å². The summed E-state index contributed by atoms with van der Waals surface area (Å²) < 4.78 is 0. The average molecular weight is 222 g/mol. The molecule has 0 heterocycles. The first-order chi connectivity index (χ1) is 7.31. The summed E-state index contributed by atoms with van der Waals surface area (Å²) in [6.45, 7) is 9.36. The molecule has 3 aliphatic carbocycles. The Morgan fingerprint density at radius 2 is 1.81 bits per heavy atom. The molecule has 2 bridgehead atoms. The van der Waals surface area contributed by atoms with Gasteiger partial charge in [-0.25, -0.2) is 0 Å². The summed E-state index contributed by atoms with van der Waals surface area (Å²) in [4.78, 5) is 0. The Balaban J connectivity index is 2.07. The van der Waals surface area contributed by atoms with Crippen molar-refractivity contribution in [3.05, 3.63) is 0 Å². The number of hydrogen-bond donors (Lipinski definition) is 1.